The van der Waals surface area contributed by atoms with E-state index in [2.05, 4.69) is 16.0 Å². The predicted octanol–water partition coefficient (Wildman–Crippen LogP) is 7.21. The molecule has 0 aliphatic carbocycles. The Bertz CT molecular complexity index is 1800. The van der Waals surface area contributed by atoms with Crippen molar-refractivity contribution in [2.24, 2.45) is 0 Å². The van der Waals surface area contributed by atoms with Crippen molar-refractivity contribution in [2.45, 2.75) is 12.8 Å². The topological polar surface area (TPSA) is 109 Å². The lowest BCUT2D eigenvalue weighted by atomic mass is 10.0. The first kappa shape index (κ1) is 33.4. The number of phenols is 1. The number of rotatable bonds is 13. The average Bonchev–Trinajstić information content (AvgIpc) is 3.03. The summed E-state index contributed by atoms with van der Waals surface area (Å²) in [7, 11) is 1.89. The van der Waals surface area contributed by atoms with E-state index in [4.69, 9.17) is 21.1 Å². The normalized spacial score (nSPS) is 10.7. The molecule has 234 valence electrons. The fourth-order valence-electron chi connectivity index (χ4n) is 4.82. The second-order valence-electron chi connectivity index (χ2n) is 10.3. The zero-order valence-corrected chi connectivity index (χ0v) is 26.3. The second kappa shape index (κ2) is 16.0. The highest BCUT2D eigenvalue weighted by Gasteiger charge is 2.17. The van der Waals surface area contributed by atoms with Crippen molar-refractivity contribution in [3.8, 4) is 17.2 Å². The summed E-state index contributed by atoms with van der Waals surface area (Å²) in [6.07, 6.45) is 1.32. The number of carbonyl (C=O) groups excluding carboxylic acids is 2. The lowest BCUT2D eigenvalue weighted by molar-refractivity contribution is 0.0947. The van der Waals surface area contributed by atoms with Gasteiger partial charge in [-0.2, -0.15) is 0 Å². The number of hydrogen-bond donors (Lipinski definition) is 4. The third kappa shape index (κ3) is 8.57. The van der Waals surface area contributed by atoms with Crippen LogP contribution in [-0.2, 0) is 0 Å². The van der Waals surface area contributed by atoms with E-state index in [0.29, 0.717) is 47.2 Å². The number of ether oxygens (including phenoxy) is 2. The van der Waals surface area contributed by atoms with E-state index in [-0.39, 0.29) is 36.4 Å². The summed E-state index contributed by atoms with van der Waals surface area (Å²) < 4.78 is 12.1. The molecule has 0 spiro atoms. The summed E-state index contributed by atoms with van der Waals surface area (Å²) in [6.45, 7) is 1.93. The van der Waals surface area contributed by atoms with Gasteiger partial charge >= 0.3 is 0 Å². The summed E-state index contributed by atoms with van der Waals surface area (Å²) in [5, 5.41) is 23.1. The average molecular weight is 649 g/mol. The van der Waals surface area contributed by atoms with Gasteiger partial charge in [0, 0.05) is 17.6 Å². The molecule has 0 saturated heterocycles. The van der Waals surface area contributed by atoms with Gasteiger partial charge in [-0.3, -0.25) is 9.59 Å². The molecule has 0 atom stereocenters. The number of halogens is 2. The first-order chi connectivity index (χ1) is 21.4. The minimum atomic E-state index is -0.435. The van der Waals surface area contributed by atoms with Crippen LogP contribution in [-0.4, -0.2) is 50.3 Å². The smallest absolute Gasteiger partial charge is 0.259 e. The number of nitrogens with one attached hydrogen (secondary N) is 3. The molecule has 5 aromatic rings. The van der Waals surface area contributed by atoms with Crippen molar-refractivity contribution in [2.75, 3.05) is 38.7 Å². The third-order valence-electron chi connectivity index (χ3n) is 7.09. The molecule has 0 aromatic heterocycles. The minimum Gasteiger partial charge on any atom is -0.506 e. The standard InChI is InChI=1S/C35H34ClN3O5.ClH/c1-37-14-6-16-43-32-20-25-10-4-2-8-23(25)18-28(32)34(41)38-15-7-17-44-33-21-26-11-5-3-9-24(26)19-29(33)35(42)39-30-13-12-27(36)22-31(30)40;/h2-5,8-13,18-22,37,40H,6-7,14-17H2,1H3,(H,38,41)(H,39,42);1H. The molecule has 0 radical (unpaired) electrons. The van der Waals surface area contributed by atoms with E-state index in [0.717, 1.165) is 34.5 Å². The Morgan fingerprint density at radius 1 is 0.711 bits per heavy atom. The van der Waals surface area contributed by atoms with Crippen LogP contribution in [0.2, 0.25) is 5.02 Å². The van der Waals surface area contributed by atoms with Gasteiger partial charge in [0.2, 0.25) is 0 Å². The van der Waals surface area contributed by atoms with Crippen LogP contribution in [0.15, 0.2) is 91.0 Å². The van der Waals surface area contributed by atoms with Crippen molar-refractivity contribution in [3.63, 3.8) is 0 Å². The molecule has 0 saturated carbocycles. The van der Waals surface area contributed by atoms with Gasteiger partial charge in [-0.25, -0.2) is 0 Å². The van der Waals surface area contributed by atoms with Crippen LogP contribution in [0.4, 0.5) is 5.69 Å². The maximum atomic E-state index is 13.3. The van der Waals surface area contributed by atoms with E-state index in [9.17, 15) is 14.7 Å². The van der Waals surface area contributed by atoms with Crippen molar-refractivity contribution >= 4 is 63.1 Å². The quantitative estimate of drug-likeness (QED) is 0.0794. The highest BCUT2D eigenvalue weighted by Crippen LogP contribution is 2.31. The van der Waals surface area contributed by atoms with Crippen LogP contribution in [0.3, 0.4) is 0 Å². The molecule has 0 aliphatic heterocycles. The number of carbonyl (C=O) groups is 2. The first-order valence-corrected chi connectivity index (χ1v) is 14.8. The molecule has 0 heterocycles. The number of hydrogen-bond acceptors (Lipinski definition) is 6. The molecule has 2 amide bonds. The third-order valence-corrected chi connectivity index (χ3v) is 7.32. The molecule has 10 heteroatoms. The van der Waals surface area contributed by atoms with Crippen molar-refractivity contribution in [1.82, 2.24) is 10.6 Å². The van der Waals surface area contributed by atoms with Crippen LogP contribution in [0.25, 0.3) is 21.5 Å². The van der Waals surface area contributed by atoms with Crippen LogP contribution in [0.1, 0.15) is 33.6 Å². The Morgan fingerprint density at radius 3 is 1.76 bits per heavy atom. The Labute approximate surface area is 273 Å². The predicted molar refractivity (Wildman–Crippen MR) is 183 cm³/mol. The number of phenolic OH excluding ortho intramolecular Hbond substituents is 1. The van der Waals surface area contributed by atoms with Gasteiger partial charge in [0.25, 0.3) is 11.8 Å². The van der Waals surface area contributed by atoms with E-state index in [1.54, 1.807) is 12.1 Å². The zero-order chi connectivity index (χ0) is 30.9. The molecular formula is C35H35Cl2N3O5. The largest absolute Gasteiger partial charge is 0.506 e. The highest BCUT2D eigenvalue weighted by molar-refractivity contribution is 6.30. The Balaban J connectivity index is 0.00000461. The van der Waals surface area contributed by atoms with Crippen molar-refractivity contribution in [1.29, 1.82) is 0 Å². The van der Waals surface area contributed by atoms with Gasteiger partial charge in [-0.15, -0.1) is 12.4 Å². The number of anilines is 1. The summed E-state index contributed by atoms with van der Waals surface area (Å²) in [4.78, 5) is 26.5. The molecule has 0 unspecified atom stereocenters. The molecule has 5 aromatic carbocycles. The highest BCUT2D eigenvalue weighted by atomic mass is 35.5. The molecule has 45 heavy (non-hydrogen) atoms. The van der Waals surface area contributed by atoms with Crippen LogP contribution >= 0.6 is 24.0 Å². The molecule has 0 fully saturated rings. The van der Waals surface area contributed by atoms with Gasteiger partial charge < -0.3 is 30.5 Å². The van der Waals surface area contributed by atoms with E-state index < -0.39 is 5.91 Å². The Morgan fingerprint density at radius 2 is 1.22 bits per heavy atom. The number of amides is 2. The first-order valence-electron chi connectivity index (χ1n) is 14.5. The van der Waals surface area contributed by atoms with E-state index >= 15 is 0 Å². The van der Waals surface area contributed by atoms with Crippen LogP contribution in [0.5, 0.6) is 17.2 Å². The number of aromatic hydroxyl groups is 1. The fourth-order valence-corrected chi connectivity index (χ4v) is 4.98. The Hall–Kier alpha value is -4.50. The summed E-state index contributed by atoms with van der Waals surface area (Å²) in [5.41, 5.74) is 1.03. The lowest BCUT2D eigenvalue weighted by Crippen LogP contribution is -2.26. The van der Waals surface area contributed by atoms with Crippen molar-refractivity contribution in [3.05, 3.63) is 107 Å². The van der Waals surface area contributed by atoms with E-state index in [1.165, 1.54) is 12.1 Å². The van der Waals surface area contributed by atoms with Gasteiger partial charge in [-0.05, 0) is 84.4 Å². The Kier molecular flexibility index (Phi) is 11.9. The summed E-state index contributed by atoms with van der Waals surface area (Å²) in [5.74, 6) is 0.144. The van der Waals surface area contributed by atoms with Crippen LogP contribution < -0.4 is 25.4 Å². The number of fused-ring (bicyclic) bond motifs is 2. The summed E-state index contributed by atoms with van der Waals surface area (Å²) in [6, 6.07) is 27.3. The van der Waals surface area contributed by atoms with Gasteiger partial charge in [0.1, 0.15) is 17.2 Å². The molecule has 0 aliphatic rings. The molecule has 0 bridgehead atoms. The molecule has 4 N–H and O–H groups in total. The second-order valence-corrected chi connectivity index (χ2v) is 10.7. The fraction of sp³-hybridized carbons (Fsp3) is 0.200. The van der Waals surface area contributed by atoms with Crippen LogP contribution in [0, 0.1) is 0 Å². The lowest BCUT2D eigenvalue weighted by Gasteiger charge is -2.15. The van der Waals surface area contributed by atoms with Gasteiger partial charge in [-0.1, -0.05) is 60.1 Å². The SMILES string of the molecule is CNCCCOc1cc2ccccc2cc1C(=O)NCCCOc1cc2ccccc2cc1C(=O)Nc1ccc(Cl)cc1O.Cl. The zero-order valence-electron chi connectivity index (χ0n) is 24.8. The molecular weight excluding hydrogens is 613 g/mol. The maximum absolute atomic E-state index is 13.3. The van der Waals surface area contributed by atoms with Gasteiger partial charge in [0.15, 0.2) is 0 Å². The number of benzene rings is 5. The maximum Gasteiger partial charge on any atom is 0.259 e. The van der Waals surface area contributed by atoms with Crippen molar-refractivity contribution < 1.29 is 24.2 Å². The summed E-state index contributed by atoms with van der Waals surface area (Å²) >= 11 is 5.93. The molecule has 5 rings (SSSR count). The minimum absolute atomic E-state index is 0. The van der Waals surface area contributed by atoms with Gasteiger partial charge in [0.05, 0.1) is 30.0 Å². The molecule has 8 nitrogen and oxygen atoms in total. The monoisotopic (exact) mass is 647 g/mol. The van der Waals surface area contributed by atoms with E-state index in [1.807, 2.05) is 73.8 Å².